The zero-order valence-electron chi connectivity index (χ0n) is 14.1. The zero-order valence-corrected chi connectivity index (χ0v) is 14.9. The molecule has 0 aromatic rings. The van der Waals surface area contributed by atoms with E-state index >= 15 is 0 Å². The molecule has 0 aromatic heterocycles. The van der Waals surface area contributed by atoms with Crippen molar-refractivity contribution in [1.29, 1.82) is 0 Å². The second-order valence-corrected chi connectivity index (χ2v) is 7.93. The Labute approximate surface area is 149 Å². The molecule has 140 valence electrons. The number of likely N-dealkylation sites (N-methyl/N-ethyl adjacent to an activating group) is 1. The van der Waals surface area contributed by atoms with Gasteiger partial charge in [-0.05, 0) is 12.8 Å². The van der Waals surface area contributed by atoms with E-state index in [4.69, 9.17) is 5.11 Å². The third-order valence-corrected chi connectivity index (χ3v) is 5.94. The number of aliphatic hydroxyl groups excluding tert-OH is 1. The quantitative estimate of drug-likeness (QED) is 0.441. The normalized spacial score (nSPS) is 30.0. The Balaban J connectivity index is 2.02. The van der Waals surface area contributed by atoms with Gasteiger partial charge in [-0.25, -0.2) is 4.79 Å². The highest BCUT2D eigenvalue weighted by Crippen LogP contribution is 2.35. The van der Waals surface area contributed by atoms with Gasteiger partial charge in [0.2, 0.25) is 5.91 Å². The van der Waals surface area contributed by atoms with Crippen LogP contribution in [0.4, 0.5) is 0 Å². The molecule has 2 aliphatic rings. The molecule has 10 heteroatoms. The van der Waals surface area contributed by atoms with Gasteiger partial charge in [0.05, 0.1) is 23.9 Å². The molecule has 0 aromatic carbocycles. The Morgan fingerprint density at radius 2 is 2.00 bits per heavy atom. The lowest BCUT2D eigenvalue weighted by molar-refractivity contribution is -0.143. The van der Waals surface area contributed by atoms with Gasteiger partial charge in [-0.15, -0.1) is 11.8 Å². The molecule has 2 rings (SSSR count). The predicted octanol–water partition coefficient (Wildman–Crippen LogP) is -1.10. The highest BCUT2D eigenvalue weighted by atomic mass is 32.2. The number of carbonyl (C=O) groups excluding carboxylic acids is 1. The van der Waals surface area contributed by atoms with E-state index in [1.54, 1.807) is 14.1 Å². The summed E-state index contributed by atoms with van der Waals surface area (Å²) < 4.78 is 0. The van der Waals surface area contributed by atoms with Crippen LogP contribution < -0.4 is 5.32 Å². The fourth-order valence-corrected chi connectivity index (χ4v) is 4.68. The number of nitrogens with zero attached hydrogens (tertiary/aromatic N) is 2. The summed E-state index contributed by atoms with van der Waals surface area (Å²) in [6.07, 6.45) is 0.838. The number of thioether (sulfide) groups is 1. The van der Waals surface area contributed by atoms with Crippen molar-refractivity contribution in [3.05, 3.63) is 0 Å². The van der Waals surface area contributed by atoms with Crippen molar-refractivity contribution in [2.24, 2.45) is 10.9 Å². The van der Waals surface area contributed by atoms with Gasteiger partial charge in [0.25, 0.3) is 0 Å². The molecule has 9 nitrogen and oxygen atoms in total. The summed E-state index contributed by atoms with van der Waals surface area (Å²) in [6.45, 7) is -0.0104. The molecule has 0 saturated carbocycles. The third-order valence-electron chi connectivity index (χ3n) is 4.45. The number of hydrogen-bond donors (Lipinski definition) is 4. The highest BCUT2D eigenvalue weighted by Gasteiger charge is 2.41. The molecule has 5 atom stereocenters. The maximum atomic E-state index is 12.0. The first kappa shape index (κ1) is 19.7. The van der Waals surface area contributed by atoms with E-state index in [-0.39, 0.29) is 29.3 Å². The molecule has 0 spiro atoms. The Morgan fingerprint density at radius 1 is 1.32 bits per heavy atom. The SMILES string of the molecule is CN(C)C(=O)[C@H]1C[C@@H](S[C@H]2C[C@H]([C@@H](CO)C(=O)O)N=C2C(=O)O)CN1. The van der Waals surface area contributed by atoms with E-state index in [2.05, 4.69) is 10.3 Å². The topological polar surface area (TPSA) is 140 Å². The molecule has 25 heavy (non-hydrogen) atoms. The van der Waals surface area contributed by atoms with Crippen molar-refractivity contribution in [3.8, 4) is 0 Å². The summed E-state index contributed by atoms with van der Waals surface area (Å²) in [5.41, 5.74) is -0.0583. The number of carboxylic acids is 2. The number of amides is 1. The maximum absolute atomic E-state index is 12.0. The molecule has 0 radical (unpaired) electrons. The number of nitrogens with one attached hydrogen (secondary N) is 1. The number of aliphatic hydroxyl groups is 1. The molecule has 0 aliphatic carbocycles. The van der Waals surface area contributed by atoms with Crippen LogP contribution in [-0.2, 0) is 14.4 Å². The van der Waals surface area contributed by atoms with Gasteiger partial charge in [0.1, 0.15) is 11.6 Å². The Hall–Kier alpha value is -1.65. The zero-order chi connectivity index (χ0) is 18.7. The Morgan fingerprint density at radius 3 is 2.52 bits per heavy atom. The number of rotatable bonds is 7. The average molecular weight is 373 g/mol. The minimum atomic E-state index is -1.19. The summed E-state index contributed by atoms with van der Waals surface area (Å²) >= 11 is 1.41. The van der Waals surface area contributed by atoms with Gasteiger partial charge in [0, 0.05) is 25.9 Å². The molecular formula is C15H23N3O6S. The van der Waals surface area contributed by atoms with E-state index < -0.39 is 35.8 Å². The second-order valence-electron chi connectivity index (χ2n) is 6.43. The smallest absolute Gasteiger partial charge is 0.350 e. The lowest BCUT2D eigenvalue weighted by atomic mass is 9.99. The molecule has 0 unspecified atom stereocenters. The molecule has 1 amide bonds. The minimum absolute atomic E-state index is 0.0225. The molecule has 4 N–H and O–H groups in total. The van der Waals surface area contributed by atoms with Crippen molar-refractivity contribution < 1.29 is 29.7 Å². The number of hydrogen-bond acceptors (Lipinski definition) is 7. The monoisotopic (exact) mass is 373 g/mol. The second kappa shape index (κ2) is 8.15. The lowest BCUT2D eigenvalue weighted by Crippen LogP contribution is -2.39. The summed E-state index contributed by atoms with van der Waals surface area (Å²) in [4.78, 5) is 40.2. The van der Waals surface area contributed by atoms with E-state index in [0.717, 1.165) is 0 Å². The predicted molar refractivity (Wildman–Crippen MR) is 92.0 cm³/mol. The van der Waals surface area contributed by atoms with Crippen molar-refractivity contribution in [2.75, 3.05) is 27.2 Å². The van der Waals surface area contributed by atoms with E-state index in [9.17, 15) is 24.6 Å². The van der Waals surface area contributed by atoms with Crippen molar-refractivity contribution >= 4 is 35.3 Å². The van der Waals surface area contributed by atoms with Gasteiger partial charge in [-0.3, -0.25) is 14.6 Å². The molecule has 2 aliphatic heterocycles. The van der Waals surface area contributed by atoms with Crippen LogP contribution in [0.5, 0.6) is 0 Å². The molecule has 1 fully saturated rings. The van der Waals surface area contributed by atoms with Crippen LogP contribution in [0.3, 0.4) is 0 Å². The van der Waals surface area contributed by atoms with Gasteiger partial charge in [-0.2, -0.15) is 0 Å². The largest absolute Gasteiger partial charge is 0.481 e. The van der Waals surface area contributed by atoms with E-state index in [1.165, 1.54) is 16.7 Å². The first-order valence-electron chi connectivity index (χ1n) is 7.99. The summed E-state index contributed by atoms with van der Waals surface area (Å²) in [5, 5.41) is 30.5. The van der Waals surface area contributed by atoms with Crippen LogP contribution in [0.1, 0.15) is 12.8 Å². The molecule has 0 bridgehead atoms. The van der Waals surface area contributed by atoms with Crippen LogP contribution in [0.2, 0.25) is 0 Å². The number of carbonyl (C=O) groups is 3. The van der Waals surface area contributed by atoms with Crippen LogP contribution >= 0.6 is 11.8 Å². The van der Waals surface area contributed by atoms with Gasteiger partial charge >= 0.3 is 11.9 Å². The molecule has 1 saturated heterocycles. The Kier molecular flexibility index (Phi) is 6.42. The maximum Gasteiger partial charge on any atom is 0.350 e. The van der Waals surface area contributed by atoms with Crippen molar-refractivity contribution in [1.82, 2.24) is 10.2 Å². The number of aliphatic carboxylic acids is 2. The average Bonchev–Trinajstić information content (AvgIpc) is 3.14. The lowest BCUT2D eigenvalue weighted by Gasteiger charge is -2.18. The van der Waals surface area contributed by atoms with Crippen molar-refractivity contribution in [2.45, 2.75) is 35.4 Å². The summed E-state index contributed by atoms with van der Waals surface area (Å²) in [7, 11) is 3.37. The summed E-state index contributed by atoms with van der Waals surface area (Å²) in [5.74, 6) is -3.49. The van der Waals surface area contributed by atoms with Crippen molar-refractivity contribution in [3.63, 3.8) is 0 Å². The molecular weight excluding hydrogens is 350 g/mol. The van der Waals surface area contributed by atoms with Gasteiger partial charge in [-0.1, -0.05) is 0 Å². The standard InChI is InChI=1S/C15H23N3O6S/c1-18(2)13(20)10-3-7(5-16-10)25-11-4-9(8(6-19)14(21)22)17-12(11)15(23)24/h7-11,16,19H,3-6H2,1-2H3,(H,21,22)(H,23,24)/t7-,8-,9-,10-,11+/m1/s1. The van der Waals surface area contributed by atoms with Crippen LogP contribution in [0.15, 0.2) is 4.99 Å². The molecule has 2 heterocycles. The van der Waals surface area contributed by atoms with E-state index in [0.29, 0.717) is 13.0 Å². The first-order valence-corrected chi connectivity index (χ1v) is 8.93. The summed E-state index contributed by atoms with van der Waals surface area (Å²) in [6, 6.07) is -1.04. The van der Waals surface area contributed by atoms with Crippen LogP contribution in [-0.4, -0.2) is 93.6 Å². The van der Waals surface area contributed by atoms with Crippen LogP contribution in [0, 0.1) is 5.92 Å². The Bertz CT molecular complexity index is 582. The third kappa shape index (κ3) is 4.50. The number of aliphatic imine (C=N–C) groups is 1. The number of carboxylic acid groups (broad SMARTS) is 2. The first-order chi connectivity index (χ1) is 11.7. The van der Waals surface area contributed by atoms with Gasteiger partial charge in [0.15, 0.2) is 0 Å². The van der Waals surface area contributed by atoms with E-state index in [1.807, 2.05) is 0 Å². The van der Waals surface area contributed by atoms with Crippen LogP contribution in [0.25, 0.3) is 0 Å². The minimum Gasteiger partial charge on any atom is -0.481 e. The fraction of sp³-hybridized carbons (Fsp3) is 0.733. The van der Waals surface area contributed by atoms with Gasteiger partial charge < -0.3 is 25.5 Å². The fourth-order valence-electron chi connectivity index (χ4n) is 3.12. The highest BCUT2D eigenvalue weighted by molar-refractivity contribution is 8.01.